The van der Waals surface area contributed by atoms with Gasteiger partial charge in [0.05, 0.1) is 24.8 Å². The Labute approximate surface area is 113 Å². The molecule has 0 aliphatic rings. The predicted octanol–water partition coefficient (Wildman–Crippen LogP) is 1.56. The number of nitrogens with one attached hydrogen (secondary N) is 1. The molecule has 106 valence electrons. The summed E-state index contributed by atoms with van der Waals surface area (Å²) in [6.07, 6.45) is 1.31. The molecule has 0 heterocycles. The lowest BCUT2D eigenvalue weighted by Crippen LogP contribution is -2.50. The van der Waals surface area contributed by atoms with Gasteiger partial charge in [-0.05, 0) is 25.0 Å². The number of amides is 1. The van der Waals surface area contributed by atoms with Crippen LogP contribution in [0.2, 0.25) is 0 Å². The molecule has 0 atom stereocenters. The zero-order valence-corrected chi connectivity index (χ0v) is 11.7. The standard InChI is InChI=1S/C14H22N2O3/c1-4-14(5-2,9-17)16-13(18)11-7-6-10(19-3)8-12(11)15/h6-8,17H,4-5,9,15H2,1-3H3,(H,16,18). The van der Waals surface area contributed by atoms with E-state index in [-0.39, 0.29) is 12.5 Å². The molecule has 5 nitrogen and oxygen atoms in total. The highest BCUT2D eigenvalue weighted by atomic mass is 16.5. The first-order valence-electron chi connectivity index (χ1n) is 6.38. The van der Waals surface area contributed by atoms with Crippen LogP contribution in [0.15, 0.2) is 18.2 Å². The highest BCUT2D eigenvalue weighted by Gasteiger charge is 2.28. The largest absolute Gasteiger partial charge is 0.497 e. The number of carbonyl (C=O) groups excluding carboxylic acids is 1. The first-order valence-corrected chi connectivity index (χ1v) is 6.38. The summed E-state index contributed by atoms with van der Waals surface area (Å²) < 4.78 is 5.04. The number of benzene rings is 1. The van der Waals surface area contributed by atoms with Crippen molar-refractivity contribution in [3.05, 3.63) is 23.8 Å². The third-order valence-electron chi connectivity index (χ3n) is 3.54. The van der Waals surface area contributed by atoms with Crippen molar-refractivity contribution < 1.29 is 14.6 Å². The fourth-order valence-electron chi connectivity index (χ4n) is 1.87. The van der Waals surface area contributed by atoms with Gasteiger partial charge in [0.15, 0.2) is 0 Å². The Bertz CT molecular complexity index is 434. The van der Waals surface area contributed by atoms with E-state index in [2.05, 4.69) is 5.32 Å². The highest BCUT2D eigenvalue weighted by molar-refractivity contribution is 5.99. The van der Waals surface area contributed by atoms with Gasteiger partial charge in [-0.25, -0.2) is 0 Å². The summed E-state index contributed by atoms with van der Waals surface area (Å²) in [5, 5.41) is 12.3. The number of ether oxygens (including phenoxy) is 1. The smallest absolute Gasteiger partial charge is 0.253 e. The maximum atomic E-state index is 12.2. The molecule has 4 N–H and O–H groups in total. The summed E-state index contributed by atoms with van der Waals surface area (Å²) in [4.78, 5) is 12.2. The van der Waals surface area contributed by atoms with E-state index in [0.29, 0.717) is 29.8 Å². The van der Waals surface area contributed by atoms with E-state index in [4.69, 9.17) is 10.5 Å². The lowest BCUT2D eigenvalue weighted by atomic mass is 9.93. The fraction of sp³-hybridized carbons (Fsp3) is 0.500. The summed E-state index contributed by atoms with van der Waals surface area (Å²) in [6, 6.07) is 4.91. The van der Waals surface area contributed by atoms with Crippen LogP contribution in [0.25, 0.3) is 0 Å². The Morgan fingerprint density at radius 1 is 1.42 bits per heavy atom. The SMILES string of the molecule is CCC(CC)(CO)NC(=O)c1ccc(OC)cc1N. The highest BCUT2D eigenvalue weighted by Crippen LogP contribution is 2.21. The minimum Gasteiger partial charge on any atom is -0.497 e. The zero-order chi connectivity index (χ0) is 14.5. The molecule has 0 bridgehead atoms. The number of carbonyl (C=O) groups is 1. The Kier molecular flexibility index (Phi) is 5.18. The number of aliphatic hydroxyl groups is 1. The van der Waals surface area contributed by atoms with Crippen LogP contribution in [0.5, 0.6) is 5.75 Å². The Balaban J connectivity index is 2.95. The first-order chi connectivity index (χ1) is 9.01. The molecule has 0 spiro atoms. The van der Waals surface area contributed by atoms with Crippen molar-refractivity contribution in [1.82, 2.24) is 5.32 Å². The number of anilines is 1. The van der Waals surface area contributed by atoms with Crippen LogP contribution in [0.1, 0.15) is 37.0 Å². The van der Waals surface area contributed by atoms with Crippen LogP contribution in [0.3, 0.4) is 0 Å². The van der Waals surface area contributed by atoms with Crippen LogP contribution in [0.4, 0.5) is 5.69 Å². The van der Waals surface area contributed by atoms with Crippen molar-refractivity contribution in [3.8, 4) is 5.75 Å². The minimum absolute atomic E-state index is 0.0954. The molecule has 1 rings (SSSR count). The monoisotopic (exact) mass is 266 g/mol. The van der Waals surface area contributed by atoms with E-state index < -0.39 is 5.54 Å². The van der Waals surface area contributed by atoms with Gasteiger partial charge in [-0.3, -0.25) is 4.79 Å². The second-order valence-electron chi connectivity index (χ2n) is 4.55. The molecule has 1 amide bonds. The van der Waals surface area contributed by atoms with Gasteiger partial charge in [-0.2, -0.15) is 0 Å². The average Bonchev–Trinajstić information content (AvgIpc) is 2.44. The van der Waals surface area contributed by atoms with Crippen LogP contribution in [-0.4, -0.2) is 30.3 Å². The minimum atomic E-state index is -0.594. The van der Waals surface area contributed by atoms with Gasteiger partial charge in [0.1, 0.15) is 5.75 Å². The van der Waals surface area contributed by atoms with Gasteiger partial charge in [-0.15, -0.1) is 0 Å². The molecule has 19 heavy (non-hydrogen) atoms. The second-order valence-corrected chi connectivity index (χ2v) is 4.55. The topological polar surface area (TPSA) is 84.6 Å². The normalized spacial score (nSPS) is 11.2. The molecule has 1 aromatic carbocycles. The molecule has 0 unspecified atom stereocenters. The molecule has 0 radical (unpaired) electrons. The van der Waals surface area contributed by atoms with E-state index >= 15 is 0 Å². The Morgan fingerprint density at radius 2 is 2.05 bits per heavy atom. The number of methoxy groups -OCH3 is 1. The van der Waals surface area contributed by atoms with Gasteiger partial charge in [-0.1, -0.05) is 13.8 Å². The van der Waals surface area contributed by atoms with E-state index in [0.717, 1.165) is 0 Å². The molecule has 0 aromatic heterocycles. The van der Waals surface area contributed by atoms with E-state index in [9.17, 15) is 9.90 Å². The zero-order valence-electron chi connectivity index (χ0n) is 11.7. The summed E-state index contributed by atoms with van der Waals surface area (Å²) in [5.74, 6) is 0.325. The molecule has 0 saturated heterocycles. The number of aliphatic hydroxyl groups excluding tert-OH is 1. The van der Waals surface area contributed by atoms with Crippen molar-refractivity contribution in [2.75, 3.05) is 19.5 Å². The average molecular weight is 266 g/mol. The lowest BCUT2D eigenvalue weighted by molar-refractivity contribution is 0.0818. The second kappa shape index (κ2) is 6.43. The molecule has 5 heteroatoms. The van der Waals surface area contributed by atoms with Crippen molar-refractivity contribution in [1.29, 1.82) is 0 Å². The molecule has 0 aliphatic carbocycles. The van der Waals surface area contributed by atoms with Gasteiger partial charge >= 0.3 is 0 Å². The molecule has 0 fully saturated rings. The van der Waals surface area contributed by atoms with Crippen LogP contribution < -0.4 is 15.8 Å². The summed E-state index contributed by atoms with van der Waals surface area (Å²) in [5.41, 5.74) is 5.99. The van der Waals surface area contributed by atoms with Gasteiger partial charge in [0, 0.05) is 11.8 Å². The maximum absolute atomic E-state index is 12.2. The number of nitrogen functional groups attached to an aromatic ring is 1. The van der Waals surface area contributed by atoms with Crippen LogP contribution in [0, 0.1) is 0 Å². The van der Waals surface area contributed by atoms with Crippen LogP contribution >= 0.6 is 0 Å². The van der Waals surface area contributed by atoms with Crippen molar-refractivity contribution in [2.45, 2.75) is 32.2 Å². The van der Waals surface area contributed by atoms with Crippen molar-refractivity contribution in [2.24, 2.45) is 0 Å². The Morgan fingerprint density at radius 3 is 2.47 bits per heavy atom. The summed E-state index contributed by atoms with van der Waals surface area (Å²) >= 11 is 0. The van der Waals surface area contributed by atoms with Crippen molar-refractivity contribution in [3.63, 3.8) is 0 Å². The summed E-state index contributed by atoms with van der Waals surface area (Å²) in [7, 11) is 1.54. The number of rotatable bonds is 6. The molecule has 0 saturated carbocycles. The Hall–Kier alpha value is -1.75. The first kappa shape index (κ1) is 15.3. The predicted molar refractivity (Wildman–Crippen MR) is 75.3 cm³/mol. The quantitative estimate of drug-likeness (QED) is 0.682. The third-order valence-corrected chi connectivity index (χ3v) is 3.54. The molecular formula is C14H22N2O3. The van der Waals surface area contributed by atoms with E-state index in [1.165, 1.54) is 0 Å². The fourth-order valence-corrected chi connectivity index (χ4v) is 1.87. The molecule has 1 aromatic rings. The van der Waals surface area contributed by atoms with E-state index in [1.54, 1.807) is 25.3 Å². The molecule has 0 aliphatic heterocycles. The number of hydrogen-bond donors (Lipinski definition) is 3. The van der Waals surface area contributed by atoms with Crippen molar-refractivity contribution >= 4 is 11.6 Å². The van der Waals surface area contributed by atoms with Crippen LogP contribution in [-0.2, 0) is 0 Å². The third kappa shape index (κ3) is 3.38. The van der Waals surface area contributed by atoms with Gasteiger partial charge in [0.2, 0.25) is 0 Å². The summed E-state index contributed by atoms with van der Waals surface area (Å²) in [6.45, 7) is 3.76. The number of nitrogens with two attached hydrogens (primary N) is 1. The lowest BCUT2D eigenvalue weighted by Gasteiger charge is -2.30. The van der Waals surface area contributed by atoms with Gasteiger partial charge in [0.25, 0.3) is 5.91 Å². The maximum Gasteiger partial charge on any atom is 0.253 e. The molecular weight excluding hydrogens is 244 g/mol. The van der Waals surface area contributed by atoms with Gasteiger partial charge < -0.3 is 20.9 Å². The van der Waals surface area contributed by atoms with E-state index in [1.807, 2.05) is 13.8 Å². The number of hydrogen-bond acceptors (Lipinski definition) is 4.